The minimum atomic E-state index is -0.774. The Hall–Kier alpha value is -0.960. The maximum absolute atomic E-state index is 13.5. The zero-order valence-electron chi connectivity index (χ0n) is 9.84. The molecule has 16 heavy (non-hydrogen) atoms. The van der Waals surface area contributed by atoms with Crippen LogP contribution in [-0.2, 0) is 0 Å². The summed E-state index contributed by atoms with van der Waals surface area (Å²) in [6.45, 7) is 3.93. The summed E-state index contributed by atoms with van der Waals surface area (Å²) < 4.78 is 26.5. The van der Waals surface area contributed by atoms with Crippen LogP contribution >= 0.6 is 0 Å². The minimum Gasteiger partial charge on any atom is -0.328 e. The van der Waals surface area contributed by atoms with Gasteiger partial charge in [0.1, 0.15) is 0 Å². The lowest BCUT2D eigenvalue weighted by Gasteiger charge is -2.15. The van der Waals surface area contributed by atoms with Crippen LogP contribution in [0.4, 0.5) is 8.78 Å². The Balaban J connectivity index is 2.66. The van der Waals surface area contributed by atoms with Gasteiger partial charge in [-0.2, -0.15) is 0 Å². The van der Waals surface area contributed by atoms with E-state index in [9.17, 15) is 8.78 Å². The van der Waals surface area contributed by atoms with Crippen LogP contribution in [0.1, 0.15) is 44.6 Å². The van der Waals surface area contributed by atoms with E-state index in [1.54, 1.807) is 12.1 Å². The smallest absolute Gasteiger partial charge is 0.162 e. The lowest BCUT2D eigenvalue weighted by atomic mass is 9.93. The molecular weight excluding hydrogens is 208 g/mol. The summed E-state index contributed by atoms with van der Waals surface area (Å²) in [6.07, 6.45) is 2.54. The van der Waals surface area contributed by atoms with Gasteiger partial charge in [0.05, 0.1) is 0 Å². The minimum absolute atomic E-state index is 0.00769. The average molecular weight is 227 g/mol. The van der Waals surface area contributed by atoms with Crippen molar-refractivity contribution in [2.75, 3.05) is 0 Å². The molecule has 0 aromatic heterocycles. The molecule has 1 nitrogen and oxygen atoms in total. The van der Waals surface area contributed by atoms with E-state index >= 15 is 0 Å². The summed E-state index contributed by atoms with van der Waals surface area (Å²) in [4.78, 5) is 0. The number of rotatable bonds is 5. The highest BCUT2D eigenvalue weighted by Gasteiger charge is 2.14. The van der Waals surface area contributed by atoms with Gasteiger partial charge in [-0.05, 0) is 36.8 Å². The van der Waals surface area contributed by atoms with Crippen molar-refractivity contribution in [2.24, 2.45) is 5.73 Å². The highest BCUT2D eigenvalue weighted by atomic mass is 19.2. The van der Waals surface area contributed by atoms with E-state index in [0.29, 0.717) is 5.56 Å². The molecule has 1 rings (SSSR count). The molecule has 0 saturated heterocycles. The summed E-state index contributed by atoms with van der Waals surface area (Å²) in [5.41, 5.74) is 6.25. The van der Waals surface area contributed by atoms with E-state index in [0.717, 1.165) is 25.3 Å². The van der Waals surface area contributed by atoms with E-state index in [1.165, 1.54) is 0 Å². The van der Waals surface area contributed by atoms with Gasteiger partial charge >= 0.3 is 0 Å². The van der Waals surface area contributed by atoms with Gasteiger partial charge in [0.2, 0.25) is 0 Å². The van der Waals surface area contributed by atoms with Crippen molar-refractivity contribution in [2.45, 2.75) is 45.1 Å². The van der Waals surface area contributed by atoms with E-state index in [2.05, 4.69) is 0 Å². The molecule has 3 heteroatoms. The Morgan fingerprint density at radius 3 is 2.56 bits per heavy atom. The van der Waals surface area contributed by atoms with E-state index in [-0.39, 0.29) is 12.0 Å². The summed E-state index contributed by atoms with van der Waals surface area (Å²) in [7, 11) is 0. The Morgan fingerprint density at radius 1 is 1.25 bits per heavy atom. The molecule has 2 unspecified atom stereocenters. The average Bonchev–Trinajstić information content (AvgIpc) is 2.29. The Kier molecular flexibility index (Phi) is 4.87. The van der Waals surface area contributed by atoms with Gasteiger partial charge < -0.3 is 5.73 Å². The molecular formula is C13H19F2N. The number of nitrogens with two attached hydrogens (primary N) is 1. The van der Waals surface area contributed by atoms with Gasteiger partial charge in [0.15, 0.2) is 11.6 Å². The molecule has 0 saturated carbocycles. The molecule has 1 aromatic carbocycles. The molecule has 0 bridgehead atoms. The van der Waals surface area contributed by atoms with Crippen molar-refractivity contribution in [3.05, 3.63) is 35.4 Å². The number of benzene rings is 1. The van der Waals surface area contributed by atoms with Gasteiger partial charge in [0, 0.05) is 6.04 Å². The SMILES string of the molecule is CCC(N)CCC(C)c1cccc(F)c1F. The molecule has 0 amide bonds. The molecule has 0 fully saturated rings. The second-order valence-electron chi connectivity index (χ2n) is 4.29. The lowest BCUT2D eigenvalue weighted by Crippen LogP contribution is -2.19. The molecule has 0 aliphatic heterocycles. The molecule has 90 valence electrons. The number of hydrogen-bond donors (Lipinski definition) is 1. The maximum Gasteiger partial charge on any atom is 0.162 e. The third-order valence-corrected chi connectivity index (χ3v) is 3.01. The fourth-order valence-corrected chi connectivity index (χ4v) is 1.72. The van der Waals surface area contributed by atoms with Crippen LogP contribution in [0.25, 0.3) is 0 Å². The molecule has 2 N–H and O–H groups in total. The van der Waals surface area contributed by atoms with E-state index in [4.69, 9.17) is 5.73 Å². The zero-order chi connectivity index (χ0) is 12.1. The highest BCUT2D eigenvalue weighted by molar-refractivity contribution is 5.22. The Labute approximate surface area is 95.7 Å². The van der Waals surface area contributed by atoms with Crippen LogP contribution < -0.4 is 5.73 Å². The fraction of sp³-hybridized carbons (Fsp3) is 0.538. The first-order valence-corrected chi connectivity index (χ1v) is 5.75. The van der Waals surface area contributed by atoms with E-state index in [1.807, 2.05) is 13.8 Å². The van der Waals surface area contributed by atoms with Gasteiger partial charge in [0.25, 0.3) is 0 Å². The first-order chi connectivity index (χ1) is 7.56. The molecule has 0 aliphatic carbocycles. The summed E-state index contributed by atoms with van der Waals surface area (Å²) in [6, 6.07) is 4.48. The molecule has 0 aliphatic rings. The maximum atomic E-state index is 13.5. The predicted molar refractivity (Wildman–Crippen MR) is 62.3 cm³/mol. The third kappa shape index (κ3) is 3.27. The van der Waals surface area contributed by atoms with Crippen molar-refractivity contribution >= 4 is 0 Å². The summed E-state index contributed by atoms with van der Waals surface area (Å²) in [5.74, 6) is -1.49. The number of hydrogen-bond acceptors (Lipinski definition) is 1. The van der Waals surface area contributed by atoms with Crippen LogP contribution in [0.3, 0.4) is 0 Å². The van der Waals surface area contributed by atoms with Crippen LogP contribution in [0.5, 0.6) is 0 Å². The highest BCUT2D eigenvalue weighted by Crippen LogP contribution is 2.25. The largest absolute Gasteiger partial charge is 0.328 e. The van der Waals surface area contributed by atoms with Crippen molar-refractivity contribution in [3.63, 3.8) is 0 Å². The van der Waals surface area contributed by atoms with Crippen LogP contribution in [0.2, 0.25) is 0 Å². The normalized spacial score (nSPS) is 14.8. The molecule has 1 aromatic rings. The van der Waals surface area contributed by atoms with Gasteiger partial charge in [-0.3, -0.25) is 0 Å². The Bertz CT molecular complexity index is 339. The van der Waals surface area contributed by atoms with Gasteiger partial charge in [-0.25, -0.2) is 8.78 Å². The standard InChI is InChI=1S/C13H19F2N/c1-3-10(16)8-7-9(2)11-5-4-6-12(14)13(11)15/h4-6,9-10H,3,7-8,16H2,1-2H3. The van der Waals surface area contributed by atoms with Gasteiger partial charge in [-0.1, -0.05) is 26.0 Å². The predicted octanol–water partition coefficient (Wildman–Crippen LogP) is 3.59. The lowest BCUT2D eigenvalue weighted by molar-refractivity contribution is 0.474. The molecule has 0 heterocycles. The second-order valence-corrected chi connectivity index (χ2v) is 4.29. The van der Waals surface area contributed by atoms with Gasteiger partial charge in [-0.15, -0.1) is 0 Å². The zero-order valence-corrected chi connectivity index (χ0v) is 9.84. The first kappa shape index (κ1) is 13.1. The summed E-state index contributed by atoms with van der Waals surface area (Å²) >= 11 is 0. The molecule has 2 atom stereocenters. The van der Waals surface area contributed by atoms with Crippen molar-refractivity contribution in [1.82, 2.24) is 0 Å². The third-order valence-electron chi connectivity index (χ3n) is 3.01. The molecule has 0 radical (unpaired) electrons. The Morgan fingerprint density at radius 2 is 1.94 bits per heavy atom. The van der Waals surface area contributed by atoms with Crippen molar-refractivity contribution in [3.8, 4) is 0 Å². The molecule has 0 spiro atoms. The fourth-order valence-electron chi connectivity index (χ4n) is 1.72. The summed E-state index contributed by atoms with van der Waals surface area (Å²) in [5, 5.41) is 0. The van der Waals surface area contributed by atoms with E-state index < -0.39 is 11.6 Å². The van der Waals surface area contributed by atoms with Crippen molar-refractivity contribution < 1.29 is 8.78 Å². The topological polar surface area (TPSA) is 26.0 Å². The number of halogens is 2. The van der Waals surface area contributed by atoms with Crippen molar-refractivity contribution in [1.29, 1.82) is 0 Å². The van der Waals surface area contributed by atoms with Crippen LogP contribution in [0.15, 0.2) is 18.2 Å². The second kappa shape index (κ2) is 5.94. The van der Waals surface area contributed by atoms with Crippen LogP contribution in [-0.4, -0.2) is 6.04 Å². The van der Waals surface area contributed by atoms with Crippen LogP contribution in [0, 0.1) is 11.6 Å². The quantitative estimate of drug-likeness (QED) is 0.817. The monoisotopic (exact) mass is 227 g/mol. The first-order valence-electron chi connectivity index (χ1n) is 5.75.